The van der Waals surface area contributed by atoms with Crippen LogP contribution in [-0.2, 0) is 14.8 Å². The molecule has 6 nitrogen and oxygen atoms in total. The Kier molecular flexibility index (Phi) is 5.84. The first-order valence-electron chi connectivity index (χ1n) is 8.98. The summed E-state index contributed by atoms with van der Waals surface area (Å²) in [6.07, 6.45) is 2.87. The second kappa shape index (κ2) is 8.12. The number of nitrogen functional groups attached to an aromatic ring is 2. The number of nitrogens with two attached hydrogens (primary N) is 2. The topological polar surface area (TPSA) is 98.7 Å². The van der Waals surface area contributed by atoms with Crippen molar-refractivity contribution in [1.82, 2.24) is 4.31 Å². The summed E-state index contributed by atoms with van der Waals surface area (Å²) in [5, 5.41) is 0. The van der Waals surface area contributed by atoms with Gasteiger partial charge in [-0.25, -0.2) is 8.42 Å². The van der Waals surface area contributed by atoms with Gasteiger partial charge in [0, 0.05) is 13.1 Å². The van der Waals surface area contributed by atoms with Crippen molar-refractivity contribution in [3.05, 3.63) is 59.7 Å². The molecule has 0 aliphatic carbocycles. The molecule has 0 amide bonds. The maximum absolute atomic E-state index is 13.1. The fraction of sp³-hybridized carbons (Fsp3) is 0.300. The number of hydrogen-bond acceptors (Lipinski definition) is 5. The molecule has 27 heavy (non-hydrogen) atoms. The molecule has 0 aromatic heterocycles. The molecule has 1 saturated heterocycles. The van der Waals surface area contributed by atoms with E-state index in [1.807, 2.05) is 37.3 Å². The number of benzene rings is 2. The van der Waals surface area contributed by atoms with Crippen LogP contribution in [0.4, 0.5) is 11.4 Å². The van der Waals surface area contributed by atoms with E-state index in [2.05, 4.69) is 6.08 Å². The summed E-state index contributed by atoms with van der Waals surface area (Å²) in [6.45, 7) is 3.40. The predicted molar refractivity (Wildman–Crippen MR) is 109 cm³/mol. The lowest BCUT2D eigenvalue weighted by Crippen LogP contribution is -2.40. The molecule has 1 heterocycles. The molecular weight excluding hydrogens is 362 g/mol. The van der Waals surface area contributed by atoms with Crippen molar-refractivity contribution >= 4 is 27.0 Å². The Morgan fingerprint density at radius 2 is 1.78 bits per heavy atom. The van der Waals surface area contributed by atoms with Crippen molar-refractivity contribution in [2.24, 2.45) is 0 Å². The van der Waals surface area contributed by atoms with Crippen molar-refractivity contribution in [1.29, 1.82) is 0 Å². The number of nitrogens with zero attached hydrogens (tertiary/aromatic N) is 1. The Labute approximate surface area is 160 Å². The zero-order chi connectivity index (χ0) is 19.4. The van der Waals surface area contributed by atoms with Crippen LogP contribution in [-0.4, -0.2) is 39.0 Å². The maximum atomic E-state index is 13.1. The quantitative estimate of drug-likeness (QED) is 0.769. The maximum Gasteiger partial charge on any atom is 0.245 e. The van der Waals surface area contributed by atoms with E-state index in [1.165, 1.54) is 4.31 Å². The third-order valence-electron chi connectivity index (χ3n) is 4.57. The van der Waals surface area contributed by atoms with Gasteiger partial charge in [-0.3, -0.25) is 0 Å². The highest BCUT2D eigenvalue weighted by Crippen LogP contribution is 2.34. The van der Waals surface area contributed by atoms with Crippen LogP contribution in [0, 0.1) is 0 Å². The molecule has 0 atom stereocenters. The molecule has 1 aliphatic heterocycles. The minimum Gasteiger partial charge on any atom is -0.397 e. The Morgan fingerprint density at radius 1 is 1.11 bits per heavy atom. The first-order valence-corrected chi connectivity index (χ1v) is 10.4. The molecule has 0 radical (unpaired) electrons. The summed E-state index contributed by atoms with van der Waals surface area (Å²) >= 11 is 0. The second-order valence-corrected chi connectivity index (χ2v) is 8.29. The van der Waals surface area contributed by atoms with Gasteiger partial charge in [-0.1, -0.05) is 43.3 Å². The molecule has 0 unspecified atom stereocenters. The van der Waals surface area contributed by atoms with Crippen molar-refractivity contribution in [2.75, 3.05) is 37.8 Å². The molecule has 2 aromatic rings. The van der Waals surface area contributed by atoms with Gasteiger partial charge in [0.2, 0.25) is 10.0 Å². The van der Waals surface area contributed by atoms with E-state index in [1.54, 1.807) is 12.1 Å². The number of hydrogen-bond donors (Lipinski definition) is 2. The van der Waals surface area contributed by atoms with Gasteiger partial charge >= 0.3 is 0 Å². The van der Waals surface area contributed by atoms with Crippen molar-refractivity contribution in [3.8, 4) is 0 Å². The Morgan fingerprint density at radius 3 is 2.41 bits per heavy atom. The second-order valence-electron chi connectivity index (χ2n) is 6.39. The highest BCUT2D eigenvalue weighted by Gasteiger charge is 2.29. The average molecular weight is 388 g/mol. The van der Waals surface area contributed by atoms with E-state index in [-0.39, 0.29) is 16.3 Å². The van der Waals surface area contributed by atoms with Crippen LogP contribution in [0.3, 0.4) is 0 Å². The van der Waals surface area contributed by atoms with Gasteiger partial charge in [0.05, 0.1) is 24.6 Å². The summed E-state index contributed by atoms with van der Waals surface area (Å²) in [4.78, 5) is 0.0531. The average Bonchev–Trinajstić information content (AvgIpc) is 2.69. The lowest BCUT2D eigenvalue weighted by atomic mass is 9.96. The molecule has 1 aliphatic rings. The summed E-state index contributed by atoms with van der Waals surface area (Å²) in [5.41, 5.74) is 15.2. The molecule has 144 valence electrons. The number of sulfonamides is 1. The van der Waals surface area contributed by atoms with Crippen molar-refractivity contribution < 1.29 is 13.2 Å². The zero-order valence-corrected chi connectivity index (χ0v) is 16.2. The lowest BCUT2D eigenvalue weighted by molar-refractivity contribution is 0.0730. The van der Waals surface area contributed by atoms with Crippen LogP contribution in [0.25, 0.3) is 5.57 Å². The molecule has 2 aromatic carbocycles. The lowest BCUT2D eigenvalue weighted by Gasteiger charge is -2.27. The van der Waals surface area contributed by atoms with Gasteiger partial charge in [0.25, 0.3) is 0 Å². The highest BCUT2D eigenvalue weighted by atomic mass is 32.2. The van der Waals surface area contributed by atoms with E-state index in [4.69, 9.17) is 16.2 Å². The van der Waals surface area contributed by atoms with E-state index in [9.17, 15) is 8.42 Å². The molecule has 4 N–H and O–H groups in total. The van der Waals surface area contributed by atoms with Gasteiger partial charge in [-0.05, 0) is 35.3 Å². The smallest absolute Gasteiger partial charge is 0.245 e. The SMILES string of the molecule is CCC=C(c1ccccc1)c1cc(N)c(N)c(S(=O)(=O)N2CCOCC2)c1. The third-order valence-corrected chi connectivity index (χ3v) is 6.50. The van der Waals surface area contributed by atoms with Crippen LogP contribution in [0.1, 0.15) is 24.5 Å². The largest absolute Gasteiger partial charge is 0.397 e. The first-order chi connectivity index (χ1) is 12.9. The Bertz CT molecular complexity index is 934. The molecule has 0 saturated carbocycles. The highest BCUT2D eigenvalue weighted by molar-refractivity contribution is 7.89. The number of anilines is 2. The number of rotatable bonds is 5. The summed E-state index contributed by atoms with van der Waals surface area (Å²) in [5.74, 6) is 0. The van der Waals surface area contributed by atoms with E-state index in [0.717, 1.165) is 23.1 Å². The van der Waals surface area contributed by atoms with E-state index < -0.39 is 10.0 Å². The zero-order valence-electron chi connectivity index (χ0n) is 15.4. The van der Waals surface area contributed by atoms with Crippen LogP contribution >= 0.6 is 0 Å². The molecule has 0 bridgehead atoms. The molecule has 3 rings (SSSR count). The summed E-state index contributed by atoms with van der Waals surface area (Å²) < 4.78 is 33.0. The van der Waals surface area contributed by atoms with Gasteiger partial charge in [0.1, 0.15) is 4.90 Å². The van der Waals surface area contributed by atoms with Crippen molar-refractivity contribution in [3.63, 3.8) is 0 Å². The monoisotopic (exact) mass is 387 g/mol. The van der Waals surface area contributed by atoms with Gasteiger partial charge in [-0.2, -0.15) is 4.31 Å². The Hall–Kier alpha value is -2.35. The number of morpholine rings is 1. The predicted octanol–water partition coefficient (Wildman–Crippen LogP) is 2.71. The van der Waals surface area contributed by atoms with E-state index in [0.29, 0.717) is 26.3 Å². The fourth-order valence-electron chi connectivity index (χ4n) is 3.17. The number of ether oxygens (including phenoxy) is 1. The van der Waals surface area contributed by atoms with Gasteiger partial charge < -0.3 is 16.2 Å². The third kappa shape index (κ3) is 4.00. The molecule has 1 fully saturated rings. The molecule has 7 heteroatoms. The summed E-state index contributed by atoms with van der Waals surface area (Å²) in [7, 11) is -3.75. The van der Waals surface area contributed by atoms with Crippen molar-refractivity contribution in [2.45, 2.75) is 18.2 Å². The molecule has 0 spiro atoms. The van der Waals surface area contributed by atoms with E-state index >= 15 is 0 Å². The van der Waals surface area contributed by atoms with Crippen LogP contribution in [0.2, 0.25) is 0 Å². The first kappa shape index (κ1) is 19.4. The minimum atomic E-state index is -3.75. The van der Waals surface area contributed by atoms with Gasteiger partial charge in [-0.15, -0.1) is 0 Å². The number of allylic oxidation sites excluding steroid dienone is 1. The van der Waals surface area contributed by atoms with Gasteiger partial charge in [0.15, 0.2) is 0 Å². The minimum absolute atomic E-state index is 0.0531. The van der Waals surface area contributed by atoms with Crippen LogP contribution in [0.15, 0.2) is 53.4 Å². The summed E-state index contributed by atoms with van der Waals surface area (Å²) in [6, 6.07) is 13.2. The standard InChI is InChI=1S/C20H25N3O3S/c1-2-6-17(15-7-4-3-5-8-15)16-13-18(21)20(22)19(14-16)27(24,25)23-9-11-26-12-10-23/h3-8,13-14H,2,9-12,21-22H2,1H3. The normalized spacial score (nSPS) is 16.4. The van der Waals surface area contributed by atoms with Crippen LogP contribution in [0.5, 0.6) is 0 Å². The van der Waals surface area contributed by atoms with Crippen LogP contribution < -0.4 is 11.5 Å². The Balaban J connectivity index is 2.12. The molecular formula is C20H25N3O3S. The fourth-order valence-corrected chi connectivity index (χ4v) is 4.75.